The van der Waals surface area contributed by atoms with Crippen molar-refractivity contribution in [3.8, 4) is 5.75 Å². The minimum Gasteiger partial charge on any atom is -0.496 e. The van der Waals surface area contributed by atoms with Gasteiger partial charge in [-0.25, -0.2) is 0 Å². The fourth-order valence-electron chi connectivity index (χ4n) is 14.0. The van der Waals surface area contributed by atoms with E-state index < -0.39 is 273 Å². The highest BCUT2D eigenvalue weighted by Gasteiger charge is 2.43. The Morgan fingerprint density at radius 3 is 1.57 bits per heavy atom. The van der Waals surface area contributed by atoms with Crippen LogP contribution in [0.5, 0.6) is 5.75 Å². The van der Waals surface area contributed by atoms with Crippen LogP contribution in [0.1, 0.15) is 201 Å². The lowest BCUT2D eigenvalue weighted by atomic mass is 9.91. The molecule has 0 aromatic heterocycles. The molecule has 0 radical (unpaired) electrons. The predicted molar refractivity (Wildman–Crippen MR) is 495 cm³/mol. The van der Waals surface area contributed by atoms with Crippen LogP contribution >= 0.6 is 0 Å². The molecule has 2 aromatic rings. The van der Waals surface area contributed by atoms with Crippen molar-refractivity contribution in [3.63, 3.8) is 0 Å². The largest absolute Gasteiger partial charge is 0.496 e. The maximum Gasteiger partial charge on any atom is 0.332 e. The third-order valence-electron chi connectivity index (χ3n) is 22.1. The summed E-state index contributed by atoms with van der Waals surface area (Å²) in [4.78, 5) is 252. The van der Waals surface area contributed by atoms with Gasteiger partial charge in [0.2, 0.25) is 94.5 Å². The molecule has 756 valence electrons. The summed E-state index contributed by atoms with van der Waals surface area (Å²) < 4.78 is 43.2. The second-order valence-corrected chi connectivity index (χ2v) is 35.4. The number of nitrogens with one attached hydrogen (secondary N) is 21. The second-order valence-electron chi connectivity index (χ2n) is 34.0. The highest BCUT2D eigenvalue weighted by atomic mass is 32.3. The fraction of sp³-hybridized carbons (Fsp3) is 0.593. The van der Waals surface area contributed by atoms with E-state index in [4.69, 9.17) is 49.6 Å². The molecule has 0 unspecified atom stereocenters. The lowest BCUT2D eigenvalue weighted by molar-refractivity contribution is -0.141. The Bertz CT molecular complexity index is 4710. The van der Waals surface area contributed by atoms with E-state index in [1.807, 2.05) is 0 Å². The van der Waals surface area contributed by atoms with E-state index in [1.165, 1.54) is 20.8 Å². The van der Waals surface area contributed by atoms with Crippen LogP contribution in [-0.2, 0) is 98.2 Å². The van der Waals surface area contributed by atoms with Crippen molar-refractivity contribution in [2.75, 3.05) is 39.8 Å². The van der Waals surface area contributed by atoms with Gasteiger partial charge in [-0.05, 0) is 152 Å². The molecule has 0 bridgehead atoms. The van der Waals surface area contributed by atoms with Crippen molar-refractivity contribution in [2.45, 2.75) is 274 Å². The average Bonchev–Trinajstić information content (AvgIpc) is 0.878. The molecule has 48 nitrogen and oxygen atoms in total. The summed E-state index contributed by atoms with van der Waals surface area (Å²) in [7, 11) is -4.22. The first-order valence-electron chi connectivity index (χ1n) is 44.6. The standard InChI is InChI=1S/C86H137FN26O22S/c1-12-47(5)66(78(129)100-45-64(116)102-60(43-65(117)118)76(127)105-55(29-24-38-97-83(92)93)72(123)106-58(68(89)119)41-51-26-19-18-20-27-51)110-74(125)56(30-25-39-98-84(94)95)103-71(122)54(28-23-37-96-82(90)91)104-75(126)59(40-46(3)4)107-73(124)57(32-34-63(88)115)108-81(132)86(10)36-22-17-15-14-16-21-35-85(9,112-50(8)114)80(131)109-61(44-99-70(121)53-42-52(136(87,133)134)31-33-62(53)135-11)77(128)111-67(48(6)13-2)79(130)101-49(7)69(120)113-86/h14-15,18-20,26-27,31,33,42,46-49,54-61,66-67H,12-13,16-17,21-25,28-30,32,34-41,43-45H2,1-11H3,(H2,88,115)(H2,89,119)(H,99,121)(H,100,129)(H,101,130)(H,102,116)(H,103,122)(H,104,126)(H,105,127)(H,106,123)(H,107,124)(H,108,132)(H,109,131)(H,110,125)(H,111,128)(H,112,114)(H,113,120)(H,117,118)(H4,90,91,96)(H4,92,93,97)(H4,94,95,98)/b15-14+/t47-,48-,49-,54-,55-,56-,57-,58-,59-,60-,61-,66-,67-,85-,86-/m0/s1. The smallest absolute Gasteiger partial charge is 0.332 e. The molecule has 15 atom stereocenters. The molecule has 0 aliphatic carbocycles. The Labute approximate surface area is 788 Å². The van der Waals surface area contributed by atoms with Gasteiger partial charge in [-0.3, -0.25) is 103 Å². The number of rotatable bonds is 50. The van der Waals surface area contributed by atoms with E-state index in [2.05, 4.69) is 95.7 Å². The van der Waals surface area contributed by atoms with Gasteiger partial charge in [-0.15, -0.1) is 3.89 Å². The minimum absolute atomic E-state index is 0.00411. The Hall–Kier alpha value is -13.9. The first-order chi connectivity index (χ1) is 63.8. The number of halogens is 1. The zero-order valence-corrected chi connectivity index (χ0v) is 79.3. The van der Waals surface area contributed by atoms with Crippen LogP contribution in [0.3, 0.4) is 0 Å². The summed E-state index contributed by atoms with van der Waals surface area (Å²) >= 11 is 0. The summed E-state index contributed by atoms with van der Waals surface area (Å²) in [5, 5.41) is 78.6. The monoisotopic (exact) mass is 1940 g/mol. The number of nitrogens with two attached hydrogens (primary N) is 5. The first-order valence-corrected chi connectivity index (χ1v) is 46.0. The lowest BCUT2D eigenvalue weighted by Crippen LogP contribution is -2.65. The molecule has 3 rings (SSSR count). The van der Waals surface area contributed by atoms with Gasteiger partial charge in [0, 0.05) is 45.9 Å². The third kappa shape index (κ3) is 41.7. The van der Waals surface area contributed by atoms with Gasteiger partial charge in [-0.2, -0.15) is 8.42 Å². The van der Waals surface area contributed by atoms with Crippen LogP contribution in [0, 0.1) is 34.0 Å². The number of carboxylic acids is 1. The van der Waals surface area contributed by atoms with Gasteiger partial charge < -0.3 is 134 Å². The zero-order chi connectivity index (χ0) is 102. The number of carbonyl (C=O) groups excluding carboxylic acids is 17. The molecule has 136 heavy (non-hydrogen) atoms. The number of ether oxygens (including phenoxy) is 1. The van der Waals surface area contributed by atoms with Crippen molar-refractivity contribution >= 4 is 134 Å². The summed E-state index contributed by atoms with van der Waals surface area (Å²) in [6, 6.07) is -6.63. The number of methoxy groups -OCH3 is 1. The van der Waals surface area contributed by atoms with Crippen molar-refractivity contribution in [2.24, 2.45) is 46.4 Å². The summed E-state index contributed by atoms with van der Waals surface area (Å²) in [5.74, 6) is -22.1. The highest BCUT2D eigenvalue weighted by molar-refractivity contribution is 7.86. The second kappa shape index (κ2) is 57.7. The maximum atomic E-state index is 15.2. The normalized spacial score (nSPS) is 19.2. The average molecular weight is 1940 g/mol. The van der Waals surface area contributed by atoms with Crippen molar-refractivity contribution in [1.29, 1.82) is 16.2 Å². The van der Waals surface area contributed by atoms with Gasteiger partial charge in [-0.1, -0.05) is 96.9 Å². The van der Waals surface area contributed by atoms with Gasteiger partial charge >= 0.3 is 16.2 Å². The van der Waals surface area contributed by atoms with E-state index >= 15 is 4.79 Å². The molecule has 0 fully saturated rings. The molecule has 1 aliphatic rings. The van der Waals surface area contributed by atoms with Crippen LogP contribution in [0.25, 0.3) is 0 Å². The van der Waals surface area contributed by atoms with Crippen LogP contribution < -0.4 is 129 Å². The molecule has 17 amide bonds. The van der Waals surface area contributed by atoms with E-state index in [9.17, 15) is 98.9 Å². The van der Waals surface area contributed by atoms with Gasteiger partial charge in [0.25, 0.3) is 5.91 Å². The number of hydrogen-bond donors (Lipinski definition) is 27. The van der Waals surface area contributed by atoms with Crippen LogP contribution in [0.15, 0.2) is 65.6 Å². The van der Waals surface area contributed by atoms with Crippen molar-refractivity contribution < 1.29 is 108 Å². The molecule has 0 spiro atoms. The summed E-state index contributed by atoms with van der Waals surface area (Å²) in [5.41, 5.74) is 24.2. The van der Waals surface area contributed by atoms with E-state index in [-0.39, 0.29) is 128 Å². The molecule has 1 aliphatic heterocycles. The Kier molecular flexibility index (Phi) is 49.3. The van der Waals surface area contributed by atoms with Crippen molar-refractivity contribution in [1.82, 2.24) is 95.7 Å². The lowest BCUT2D eigenvalue weighted by Gasteiger charge is -2.34. The molecular formula is C86H137FN26O22S. The molecule has 0 saturated heterocycles. The Morgan fingerprint density at radius 1 is 0.588 bits per heavy atom. The number of aliphatic carboxylic acids is 1. The highest BCUT2D eigenvalue weighted by Crippen LogP contribution is 2.26. The number of guanidine groups is 3. The van der Waals surface area contributed by atoms with Crippen LogP contribution in [0.2, 0.25) is 0 Å². The topological polar surface area (TPSA) is 789 Å². The number of benzene rings is 2. The number of carbonyl (C=O) groups is 18. The van der Waals surface area contributed by atoms with Gasteiger partial charge in [0.15, 0.2) is 17.9 Å². The van der Waals surface area contributed by atoms with E-state index in [1.54, 1.807) is 84.0 Å². The van der Waals surface area contributed by atoms with Gasteiger partial charge in [0.1, 0.15) is 83.3 Å². The number of hydrogen-bond acceptors (Lipinski definition) is 24. The quantitative estimate of drug-likeness (QED) is 0.00978. The zero-order valence-electron chi connectivity index (χ0n) is 78.5. The summed E-state index contributed by atoms with van der Waals surface area (Å²) in [6.07, 6.45) is 1.38. The molecule has 0 saturated carbocycles. The number of allylic oxidation sites excluding steroid dienone is 2. The number of primary amides is 2. The predicted octanol–water partition coefficient (Wildman–Crippen LogP) is -4.37. The molecule has 32 N–H and O–H groups in total. The molecule has 2 aromatic carbocycles. The minimum atomic E-state index is -5.36. The van der Waals surface area contributed by atoms with Crippen molar-refractivity contribution in [3.05, 3.63) is 71.8 Å². The maximum absolute atomic E-state index is 15.2. The SMILES string of the molecule is CC[C@H](C)[C@H](NC(=O)[C@H](CCCNC(=N)N)NC(=O)[C@H](CCCNC(=N)N)NC(=O)[C@H](CC(C)C)NC(=O)[C@H](CCC(N)=O)NC(=O)[C@]1(C)CCC/C=C/CCC[C@](C)(NC(C)=O)C(=O)N[C@@H](CNC(=O)c2cc(S(=O)(=O)F)ccc2OC)C(=O)N[C@@H]([C@@H](C)CC)C(=O)N[C@@H](C)C(=O)N1)C(=O)NCC(=O)N[C@@H](CC(=O)O)C(=O)N[C@@H](CCCNC(=N)N)C(=O)N[C@@H](Cc1ccccc1)C(N)=O. The number of carboxylic acid groups (broad SMARTS) is 1. The third-order valence-corrected chi connectivity index (χ3v) is 22.9. The first kappa shape index (κ1) is 116. The summed E-state index contributed by atoms with van der Waals surface area (Å²) in [6.45, 7) is 13.1. The molecular weight excluding hydrogens is 1800 g/mol. The number of amides is 17. The van der Waals surface area contributed by atoms with E-state index in [0.29, 0.717) is 11.6 Å². The Morgan fingerprint density at radius 2 is 1.09 bits per heavy atom. The Balaban J connectivity index is 2.05. The molecule has 1 heterocycles. The fourth-order valence-corrected chi connectivity index (χ4v) is 14.5. The van der Waals surface area contributed by atoms with Crippen LogP contribution in [-0.4, -0.2) is 255 Å². The molecule has 50 heteroatoms. The van der Waals surface area contributed by atoms with E-state index in [0.717, 1.165) is 26.2 Å². The van der Waals surface area contributed by atoms with Crippen LogP contribution in [0.4, 0.5) is 3.89 Å². The van der Waals surface area contributed by atoms with Gasteiger partial charge in [0.05, 0.1) is 30.5 Å².